The number of rotatable bonds is 2. The first-order valence-corrected chi connectivity index (χ1v) is 6.35. The lowest BCUT2D eigenvalue weighted by Crippen LogP contribution is -2.19. The van der Waals surface area contributed by atoms with Crippen LogP contribution in [0, 0.1) is 25.2 Å². The summed E-state index contributed by atoms with van der Waals surface area (Å²) >= 11 is 0. The first-order valence-electron chi connectivity index (χ1n) is 6.35. The van der Waals surface area contributed by atoms with E-state index >= 15 is 0 Å². The van der Waals surface area contributed by atoms with Gasteiger partial charge >= 0.3 is 0 Å². The molecular weight excluding hydrogens is 194 g/mol. The summed E-state index contributed by atoms with van der Waals surface area (Å²) in [5.41, 5.74) is 4.64. The molecule has 0 saturated heterocycles. The second-order valence-corrected chi connectivity index (χ2v) is 5.00. The summed E-state index contributed by atoms with van der Waals surface area (Å²) in [6.45, 7) is 4.27. The standard InChI is InChI=1S/C15H21N/c1-11-7-6-10-14(12(11)2)15(16)13-8-4-3-5-9-13/h6-7,10,13,16H,3-5,8-9H2,1-2H3. The molecule has 1 aliphatic carbocycles. The Kier molecular flexibility index (Phi) is 3.42. The van der Waals surface area contributed by atoms with Crippen molar-refractivity contribution in [2.24, 2.45) is 5.92 Å². The molecule has 0 heterocycles. The third-order valence-corrected chi connectivity index (χ3v) is 3.91. The molecule has 1 aliphatic rings. The van der Waals surface area contributed by atoms with Gasteiger partial charge in [-0.05, 0) is 43.4 Å². The number of aryl methyl sites for hydroxylation is 1. The smallest absolute Gasteiger partial charge is 0.0419 e. The van der Waals surface area contributed by atoms with E-state index in [2.05, 4.69) is 32.0 Å². The van der Waals surface area contributed by atoms with Crippen LogP contribution in [0.1, 0.15) is 48.8 Å². The normalized spacial score (nSPS) is 17.4. The van der Waals surface area contributed by atoms with E-state index in [0.717, 1.165) is 5.71 Å². The van der Waals surface area contributed by atoms with Crippen molar-refractivity contribution in [1.82, 2.24) is 0 Å². The van der Waals surface area contributed by atoms with Crippen LogP contribution >= 0.6 is 0 Å². The van der Waals surface area contributed by atoms with E-state index < -0.39 is 0 Å². The van der Waals surface area contributed by atoms with Crippen molar-refractivity contribution in [3.8, 4) is 0 Å². The zero-order valence-electron chi connectivity index (χ0n) is 10.3. The van der Waals surface area contributed by atoms with Crippen LogP contribution in [0.5, 0.6) is 0 Å². The van der Waals surface area contributed by atoms with Crippen molar-refractivity contribution in [2.75, 3.05) is 0 Å². The Bertz CT molecular complexity index is 386. The number of nitrogens with one attached hydrogen (secondary N) is 1. The van der Waals surface area contributed by atoms with E-state index in [0.29, 0.717) is 5.92 Å². The predicted molar refractivity (Wildman–Crippen MR) is 69.3 cm³/mol. The molecule has 0 aliphatic heterocycles. The topological polar surface area (TPSA) is 23.9 Å². The van der Waals surface area contributed by atoms with Crippen molar-refractivity contribution in [1.29, 1.82) is 5.41 Å². The molecule has 0 amide bonds. The maximum atomic E-state index is 8.36. The summed E-state index contributed by atoms with van der Waals surface area (Å²) in [6, 6.07) is 6.32. The van der Waals surface area contributed by atoms with Gasteiger partial charge in [0.1, 0.15) is 0 Å². The van der Waals surface area contributed by atoms with Crippen LogP contribution in [0.15, 0.2) is 18.2 Å². The quantitative estimate of drug-likeness (QED) is 0.713. The Morgan fingerprint density at radius 2 is 1.81 bits per heavy atom. The number of hydrogen-bond acceptors (Lipinski definition) is 1. The summed E-state index contributed by atoms with van der Waals surface area (Å²) < 4.78 is 0. The minimum Gasteiger partial charge on any atom is -0.304 e. The molecule has 1 saturated carbocycles. The molecule has 1 fully saturated rings. The van der Waals surface area contributed by atoms with Crippen molar-refractivity contribution in [2.45, 2.75) is 46.0 Å². The third kappa shape index (κ3) is 2.18. The van der Waals surface area contributed by atoms with Gasteiger partial charge in [-0.15, -0.1) is 0 Å². The van der Waals surface area contributed by atoms with Gasteiger partial charge in [-0.2, -0.15) is 0 Å². The molecule has 16 heavy (non-hydrogen) atoms. The molecule has 1 aromatic carbocycles. The molecular formula is C15H21N. The molecule has 0 atom stereocenters. The molecule has 1 N–H and O–H groups in total. The lowest BCUT2D eigenvalue weighted by atomic mass is 9.82. The Hall–Kier alpha value is -1.11. The summed E-state index contributed by atoms with van der Waals surface area (Å²) in [6.07, 6.45) is 6.39. The number of hydrogen-bond donors (Lipinski definition) is 1. The van der Waals surface area contributed by atoms with Crippen molar-refractivity contribution >= 4 is 5.71 Å². The first-order chi connectivity index (χ1) is 7.70. The van der Waals surface area contributed by atoms with Gasteiger partial charge in [-0.1, -0.05) is 37.5 Å². The van der Waals surface area contributed by atoms with E-state index in [9.17, 15) is 0 Å². The second kappa shape index (κ2) is 4.82. The third-order valence-electron chi connectivity index (χ3n) is 3.91. The van der Waals surface area contributed by atoms with Gasteiger partial charge in [0, 0.05) is 11.6 Å². The van der Waals surface area contributed by atoms with E-state index in [1.807, 2.05) is 0 Å². The van der Waals surface area contributed by atoms with Gasteiger partial charge in [0.05, 0.1) is 0 Å². The highest BCUT2D eigenvalue weighted by Crippen LogP contribution is 2.28. The first kappa shape index (κ1) is 11.4. The summed E-state index contributed by atoms with van der Waals surface area (Å²) in [4.78, 5) is 0. The molecule has 0 aromatic heterocycles. The van der Waals surface area contributed by atoms with Crippen LogP contribution < -0.4 is 0 Å². The van der Waals surface area contributed by atoms with Gasteiger partial charge < -0.3 is 5.41 Å². The average molecular weight is 215 g/mol. The van der Waals surface area contributed by atoms with E-state index in [1.54, 1.807) is 0 Å². The monoisotopic (exact) mass is 215 g/mol. The SMILES string of the molecule is Cc1cccc(C(=N)C2CCCCC2)c1C. The lowest BCUT2D eigenvalue weighted by Gasteiger charge is -2.23. The van der Waals surface area contributed by atoms with Gasteiger partial charge in [-0.3, -0.25) is 0 Å². The Morgan fingerprint density at radius 3 is 2.50 bits per heavy atom. The molecule has 0 radical (unpaired) electrons. The second-order valence-electron chi connectivity index (χ2n) is 5.00. The van der Waals surface area contributed by atoms with Gasteiger partial charge in [-0.25, -0.2) is 0 Å². The molecule has 86 valence electrons. The molecule has 1 heteroatoms. The molecule has 2 rings (SSSR count). The zero-order chi connectivity index (χ0) is 11.5. The maximum absolute atomic E-state index is 8.36. The highest BCUT2D eigenvalue weighted by atomic mass is 14.5. The van der Waals surface area contributed by atoms with Crippen LogP contribution in [0.4, 0.5) is 0 Å². The average Bonchev–Trinajstić information content (AvgIpc) is 2.33. The number of benzene rings is 1. The van der Waals surface area contributed by atoms with Crippen LogP contribution in [0.2, 0.25) is 0 Å². The zero-order valence-corrected chi connectivity index (χ0v) is 10.3. The van der Waals surface area contributed by atoms with Crippen LogP contribution in [-0.2, 0) is 0 Å². The van der Waals surface area contributed by atoms with Crippen molar-refractivity contribution in [3.63, 3.8) is 0 Å². The minimum atomic E-state index is 0.509. The van der Waals surface area contributed by atoms with Crippen molar-refractivity contribution < 1.29 is 0 Å². The largest absolute Gasteiger partial charge is 0.304 e. The fraction of sp³-hybridized carbons (Fsp3) is 0.533. The van der Waals surface area contributed by atoms with Crippen LogP contribution in [0.3, 0.4) is 0 Å². The Morgan fingerprint density at radius 1 is 1.12 bits per heavy atom. The molecule has 0 spiro atoms. The van der Waals surface area contributed by atoms with Gasteiger partial charge in [0.2, 0.25) is 0 Å². The van der Waals surface area contributed by atoms with E-state index in [-0.39, 0.29) is 0 Å². The summed E-state index contributed by atoms with van der Waals surface area (Å²) in [5.74, 6) is 0.509. The molecule has 1 nitrogen and oxygen atoms in total. The van der Waals surface area contributed by atoms with Gasteiger partial charge in [0.15, 0.2) is 0 Å². The Balaban J connectivity index is 2.22. The maximum Gasteiger partial charge on any atom is 0.0419 e. The van der Waals surface area contributed by atoms with E-state index in [4.69, 9.17) is 5.41 Å². The molecule has 0 unspecified atom stereocenters. The fourth-order valence-electron chi connectivity index (χ4n) is 2.65. The molecule has 1 aromatic rings. The van der Waals surface area contributed by atoms with Gasteiger partial charge in [0.25, 0.3) is 0 Å². The van der Waals surface area contributed by atoms with Crippen LogP contribution in [0.25, 0.3) is 0 Å². The predicted octanol–water partition coefficient (Wildman–Crippen LogP) is 4.25. The lowest BCUT2D eigenvalue weighted by molar-refractivity contribution is 0.438. The highest BCUT2D eigenvalue weighted by molar-refractivity contribution is 6.01. The summed E-state index contributed by atoms with van der Waals surface area (Å²) in [7, 11) is 0. The Labute approximate surface area is 98.4 Å². The summed E-state index contributed by atoms with van der Waals surface area (Å²) in [5, 5.41) is 8.36. The highest BCUT2D eigenvalue weighted by Gasteiger charge is 2.20. The minimum absolute atomic E-state index is 0.509. The molecule has 0 bridgehead atoms. The van der Waals surface area contributed by atoms with Crippen molar-refractivity contribution in [3.05, 3.63) is 34.9 Å². The van der Waals surface area contributed by atoms with E-state index in [1.165, 1.54) is 48.8 Å². The van der Waals surface area contributed by atoms with Crippen LogP contribution in [-0.4, -0.2) is 5.71 Å². The fourth-order valence-corrected chi connectivity index (χ4v) is 2.65.